The SMILES string of the molecule is O=C(NNC(=O)c1cnn(-c2ccccc2)c1)c1cccc(S(=O)(=O)Nc2ccccc2Cl)c1. The van der Waals surface area contributed by atoms with E-state index in [0.717, 1.165) is 5.69 Å². The molecule has 1 aromatic heterocycles. The lowest BCUT2D eigenvalue weighted by molar-refractivity contribution is 0.0846. The lowest BCUT2D eigenvalue weighted by Crippen LogP contribution is -2.41. The summed E-state index contributed by atoms with van der Waals surface area (Å²) in [6, 6.07) is 21.0. The molecule has 172 valence electrons. The molecule has 0 aliphatic rings. The van der Waals surface area contributed by atoms with Crippen molar-refractivity contribution in [3.8, 4) is 5.69 Å². The molecule has 0 fully saturated rings. The third-order valence-electron chi connectivity index (χ3n) is 4.68. The fourth-order valence-corrected chi connectivity index (χ4v) is 4.34. The summed E-state index contributed by atoms with van der Waals surface area (Å²) in [7, 11) is -4.00. The first-order valence-corrected chi connectivity index (χ1v) is 11.8. The van der Waals surface area contributed by atoms with Crippen LogP contribution < -0.4 is 15.6 Å². The summed E-state index contributed by atoms with van der Waals surface area (Å²) in [5, 5.41) is 4.37. The first-order valence-electron chi connectivity index (χ1n) is 9.92. The van der Waals surface area contributed by atoms with Crippen LogP contribution in [0, 0.1) is 0 Å². The highest BCUT2D eigenvalue weighted by Crippen LogP contribution is 2.24. The molecule has 4 aromatic rings. The summed E-state index contributed by atoms with van der Waals surface area (Å²) in [5.41, 5.74) is 5.80. The Bertz CT molecular complexity index is 1450. The molecule has 11 heteroatoms. The number of anilines is 1. The number of rotatable bonds is 6. The van der Waals surface area contributed by atoms with Gasteiger partial charge in [0, 0.05) is 11.8 Å². The molecule has 3 aromatic carbocycles. The number of nitrogens with zero attached hydrogens (tertiary/aromatic N) is 2. The maximum Gasteiger partial charge on any atom is 0.272 e. The Labute approximate surface area is 200 Å². The fourth-order valence-electron chi connectivity index (χ4n) is 2.97. The zero-order chi connectivity index (χ0) is 24.1. The molecule has 0 atom stereocenters. The Morgan fingerprint density at radius 3 is 2.24 bits per heavy atom. The van der Waals surface area contributed by atoms with E-state index >= 15 is 0 Å². The third kappa shape index (κ3) is 5.25. The number of hydrazine groups is 1. The van der Waals surface area contributed by atoms with Crippen LogP contribution in [0.2, 0.25) is 5.02 Å². The molecular weight excluding hydrogens is 478 g/mol. The third-order valence-corrected chi connectivity index (χ3v) is 6.37. The molecule has 0 unspecified atom stereocenters. The highest BCUT2D eigenvalue weighted by atomic mass is 35.5. The van der Waals surface area contributed by atoms with Gasteiger partial charge in [0.2, 0.25) is 0 Å². The lowest BCUT2D eigenvalue weighted by atomic mass is 10.2. The van der Waals surface area contributed by atoms with Crippen LogP contribution in [0.4, 0.5) is 5.69 Å². The Morgan fingerprint density at radius 2 is 1.50 bits per heavy atom. The van der Waals surface area contributed by atoms with Crippen LogP contribution in [0.1, 0.15) is 20.7 Å². The second-order valence-corrected chi connectivity index (χ2v) is 9.12. The van der Waals surface area contributed by atoms with Crippen LogP contribution in [0.25, 0.3) is 5.69 Å². The molecule has 0 spiro atoms. The van der Waals surface area contributed by atoms with Crippen LogP contribution in [0.3, 0.4) is 0 Å². The molecular formula is C23H18ClN5O4S. The number of aromatic nitrogens is 2. The van der Waals surface area contributed by atoms with E-state index in [1.54, 1.807) is 18.2 Å². The summed E-state index contributed by atoms with van der Waals surface area (Å²) in [5.74, 6) is -1.28. The predicted octanol–water partition coefficient (Wildman–Crippen LogP) is 3.40. The Balaban J connectivity index is 1.42. The zero-order valence-electron chi connectivity index (χ0n) is 17.5. The van der Waals surface area contributed by atoms with Gasteiger partial charge in [-0.1, -0.05) is 48.0 Å². The highest BCUT2D eigenvalue weighted by Gasteiger charge is 2.18. The summed E-state index contributed by atoms with van der Waals surface area (Å²) in [6.45, 7) is 0. The molecule has 0 saturated heterocycles. The molecule has 0 aliphatic carbocycles. The van der Waals surface area contributed by atoms with Gasteiger partial charge in [-0.15, -0.1) is 0 Å². The molecule has 3 N–H and O–H groups in total. The smallest absolute Gasteiger partial charge is 0.272 e. The number of benzene rings is 3. The first kappa shape index (κ1) is 23.0. The standard InChI is InChI=1S/C23H18ClN5O4S/c24-20-11-4-5-12-21(20)28-34(32,33)19-10-6-7-16(13-19)22(30)26-27-23(31)17-14-25-29(15-17)18-8-2-1-3-9-18/h1-15,28H,(H,26,30)(H,27,31). The van der Waals surface area contributed by atoms with Crippen molar-refractivity contribution < 1.29 is 18.0 Å². The number of nitrogens with one attached hydrogen (secondary N) is 3. The minimum atomic E-state index is -4.00. The molecule has 0 radical (unpaired) electrons. The van der Waals surface area contributed by atoms with E-state index in [1.165, 1.54) is 47.4 Å². The molecule has 1 heterocycles. The fraction of sp³-hybridized carbons (Fsp3) is 0. The van der Waals surface area contributed by atoms with E-state index in [-0.39, 0.29) is 26.7 Å². The van der Waals surface area contributed by atoms with Gasteiger partial charge in [0.15, 0.2) is 0 Å². The van der Waals surface area contributed by atoms with Gasteiger partial charge in [0.05, 0.1) is 33.1 Å². The average Bonchev–Trinajstić information content (AvgIpc) is 3.35. The number of hydrogen-bond acceptors (Lipinski definition) is 5. The van der Waals surface area contributed by atoms with E-state index in [9.17, 15) is 18.0 Å². The van der Waals surface area contributed by atoms with Gasteiger partial charge in [-0.25, -0.2) is 13.1 Å². The van der Waals surface area contributed by atoms with Crippen molar-refractivity contribution in [1.29, 1.82) is 0 Å². The summed E-state index contributed by atoms with van der Waals surface area (Å²) >= 11 is 6.02. The van der Waals surface area contributed by atoms with Crippen molar-refractivity contribution in [2.45, 2.75) is 4.90 Å². The predicted molar refractivity (Wildman–Crippen MR) is 127 cm³/mol. The van der Waals surface area contributed by atoms with Crippen LogP contribution in [-0.4, -0.2) is 30.0 Å². The number of carbonyl (C=O) groups excluding carboxylic acids is 2. The minimum Gasteiger partial charge on any atom is -0.278 e. The maximum absolute atomic E-state index is 12.7. The van der Waals surface area contributed by atoms with Gasteiger partial charge in [-0.05, 0) is 42.5 Å². The number of hydrogen-bond donors (Lipinski definition) is 3. The average molecular weight is 496 g/mol. The van der Waals surface area contributed by atoms with Crippen molar-refractivity contribution in [2.75, 3.05) is 4.72 Å². The van der Waals surface area contributed by atoms with Crippen molar-refractivity contribution in [2.24, 2.45) is 0 Å². The number of carbonyl (C=O) groups is 2. The Morgan fingerprint density at radius 1 is 0.824 bits per heavy atom. The second-order valence-electron chi connectivity index (χ2n) is 7.03. The molecule has 34 heavy (non-hydrogen) atoms. The largest absolute Gasteiger partial charge is 0.278 e. The van der Waals surface area contributed by atoms with Crippen LogP contribution in [0.5, 0.6) is 0 Å². The summed E-state index contributed by atoms with van der Waals surface area (Å²) in [6.07, 6.45) is 2.88. The Hall–Kier alpha value is -4.15. The molecule has 2 amide bonds. The van der Waals surface area contributed by atoms with Crippen LogP contribution in [0.15, 0.2) is 96.2 Å². The minimum absolute atomic E-state index is 0.0299. The van der Waals surface area contributed by atoms with Crippen molar-refractivity contribution >= 4 is 39.1 Å². The molecule has 4 rings (SSSR count). The van der Waals surface area contributed by atoms with Gasteiger partial charge in [-0.3, -0.25) is 25.2 Å². The van der Waals surface area contributed by atoms with E-state index in [2.05, 4.69) is 20.7 Å². The second kappa shape index (κ2) is 9.77. The van der Waals surface area contributed by atoms with Crippen molar-refractivity contribution in [3.63, 3.8) is 0 Å². The van der Waals surface area contributed by atoms with Gasteiger partial charge in [0.25, 0.3) is 21.8 Å². The van der Waals surface area contributed by atoms with Crippen LogP contribution in [-0.2, 0) is 10.0 Å². The van der Waals surface area contributed by atoms with Gasteiger partial charge >= 0.3 is 0 Å². The van der Waals surface area contributed by atoms with E-state index in [4.69, 9.17) is 11.6 Å². The number of halogens is 1. The number of amides is 2. The molecule has 0 saturated carbocycles. The lowest BCUT2D eigenvalue weighted by Gasteiger charge is -2.11. The monoisotopic (exact) mass is 495 g/mol. The molecule has 9 nitrogen and oxygen atoms in total. The number of sulfonamides is 1. The van der Waals surface area contributed by atoms with Gasteiger partial charge in [0.1, 0.15) is 0 Å². The highest BCUT2D eigenvalue weighted by molar-refractivity contribution is 7.92. The molecule has 0 bridgehead atoms. The quantitative estimate of drug-likeness (QED) is 0.354. The van der Waals surface area contributed by atoms with E-state index in [1.807, 2.05) is 30.3 Å². The summed E-state index contributed by atoms with van der Waals surface area (Å²) < 4.78 is 29.3. The van der Waals surface area contributed by atoms with Crippen LogP contribution >= 0.6 is 11.6 Å². The van der Waals surface area contributed by atoms with Crippen molar-refractivity contribution in [3.05, 3.63) is 107 Å². The topological polar surface area (TPSA) is 122 Å². The number of para-hydroxylation sites is 2. The normalized spacial score (nSPS) is 11.0. The van der Waals surface area contributed by atoms with Gasteiger partial charge in [-0.2, -0.15) is 5.10 Å². The van der Waals surface area contributed by atoms with E-state index < -0.39 is 21.8 Å². The zero-order valence-corrected chi connectivity index (χ0v) is 19.0. The first-order chi connectivity index (χ1) is 16.3. The molecule has 0 aliphatic heterocycles. The van der Waals surface area contributed by atoms with E-state index in [0.29, 0.717) is 0 Å². The summed E-state index contributed by atoms with van der Waals surface area (Å²) in [4.78, 5) is 24.8. The van der Waals surface area contributed by atoms with Crippen molar-refractivity contribution in [1.82, 2.24) is 20.6 Å². The van der Waals surface area contributed by atoms with Gasteiger partial charge < -0.3 is 0 Å². The maximum atomic E-state index is 12.7. The Kier molecular flexibility index (Phi) is 6.62.